The number of amidine groups is 1. The summed E-state index contributed by atoms with van der Waals surface area (Å²) in [6.45, 7) is 2.01. The van der Waals surface area contributed by atoms with E-state index in [0.717, 1.165) is 38.8 Å². The van der Waals surface area contributed by atoms with Gasteiger partial charge in [0, 0.05) is 16.9 Å². The summed E-state index contributed by atoms with van der Waals surface area (Å²) >= 11 is 9.05. The van der Waals surface area contributed by atoms with Gasteiger partial charge < -0.3 is 4.74 Å². The average molecular weight is 457 g/mol. The van der Waals surface area contributed by atoms with Crippen molar-refractivity contribution in [1.82, 2.24) is 4.90 Å². The molecule has 0 aliphatic rings. The Bertz CT molecular complexity index is 1070. The molecule has 0 aliphatic heterocycles. The lowest BCUT2D eigenvalue weighted by Crippen LogP contribution is -2.21. The SMILES string of the molecule is COc1cccc(-c2csc(C=C(C)SC(=Nc3ccc(Cl)cc3)N(C)C=O)c2)c1. The number of hydrogen-bond donors (Lipinski definition) is 0. The highest BCUT2D eigenvalue weighted by molar-refractivity contribution is 8.17. The van der Waals surface area contributed by atoms with Crippen LogP contribution < -0.4 is 4.74 Å². The normalized spacial score (nSPS) is 12.0. The molecule has 30 heavy (non-hydrogen) atoms. The predicted octanol–water partition coefficient (Wildman–Crippen LogP) is 6.95. The molecule has 1 aromatic heterocycles. The minimum atomic E-state index is 0.589. The van der Waals surface area contributed by atoms with Crippen LogP contribution in [0.4, 0.5) is 5.69 Å². The molecule has 7 heteroatoms. The molecule has 3 rings (SSSR count). The Labute approximate surface area is 189 Å². The number of aliphatic imine (C=N–C) groups is 1. The minimum Gasteiger partial charge on any atom is -0.497 e. The summed E-state index contributed by atoms with van der Waals surface area (Å²) in [6.07, 6.45) is 2.84. The van der Waals surface area contributed by atoms with E-state index in [9.17, 15) is 4.79 Å². The summed E-state index contributed by atoms with van der Waals surface area (Å²) in [4.78, 5) is 19.5. The van der Waals surface area contributed by atoms with Crippen molar-refractivity contribution in [3.05, 3.63) is 74.8 Å². The van der Waals surface area contributed by atoms with Gasteiger partial charge in [-0.05, 0) is 76.9 Å². The molecule has 0 atom stereocenters. The van der Waals surface area contributed by atoms with E-state index in [4.69, 9.17) is 16.3 Å². The molecule has 4 nitrogen and oxygen atoms in total. The molecular weight excluding hydrogens is 436 g/mol. The first-order chi connectivity index (χ1) is 14.5. The van der Waals surface area contributed by atoms with Gasteiger partial charge in [-0.25, -0.2) is 4.99 Å². The molecule has 2 aromatic carbocycles. The number of thiophene rings is 1. The molecule has 0 aliphatic carbocycles. The molecule has 154 valence electrons. The number of hydrogen-bond acceptors (Lipinski definition) is 5. The van der Waals surface area contributed by atoms with Crippen LogP contribution in [0.3, 0.4) is 0 Å². The molecule has 0 N–H and O–H groups in total. The number of methoxy groups -OCH3 is 1. The van der Waals surface area contributed by atoms with Crippen LogP contribution in [0.2, 0.25) is 5.02 Å². The molecule has 0 fully saturated rings. The van der Waals surface area contributed by atoms with Crippen molar-refractivity contribution in [1.29, 1.82) is 0 Å². The van der Waals surface area contributed by atoms with Crippen molar-refractivity contribution in [2.75, 3.05) is 14.2 Å². The number of allylic oxidation sites excluding steroid dienone is 1. The first-order valence-electron chi connectivity index (χ1n) is 9.10. The van der Waals surface area contributed by atoms with Crippen LogP contribution in [0.15, 0.2) is 69.9 Å². The number of thioether (sulfide) groups is 1. The van der Waals surface area contributed by atoms with Gasteiger partial charge in [0.2, 0.25) is 6.41 Å². The third-order valence-electron chi connectivity index (χ3n) is 4.13. The van der Waals surface area contributed by atoms with Crippen LogP contribution in [0.5, 0.6) is 5.75 Å². The minimum absolute atomic E-state index is 0.589. The summed E-state index contributed by atoms with van der Waals surface area (Å²) in [5.41, 5.74) is 2.99. The average Bonchev–Trinajstić information content (AvgIpc) is 3.22. The quantitative estimate of drug-likeness (QED) is 0.229. The lowest BCUT2D eigenvalue weighted by atomic mass is 10.1. The predicted molar refractivity (Wildman–Crippen MR) is 130 cm³/mol. The van der Waals surface area contributed by atoms with Crippen molar-refractivity contribution in [3.63, 3.8) is 0 Å². The maximum absolute atomic E-state index is 11.3. The number of halogens is 1. The number of benzene rings is 2. The molecule has 0 unspecified atom stereocenters. The van der Waals surface area contributed by atoms with Gasteiger partial charge in [-0.1, -0.05) is 35.5 Å². The Morgan fingerprint density at radius 2 is 1.93 bits per heavy atom. The van der Waals surface area contributed by atoms with E-state index >= 15 is 0 Å². The van der Waals surface area contributed by atoms with Crippen LogP contribution in [0, 0.1) is 0 Å². The zero-order valence-electron chi connectivity index (χ0n) is 16.8. The van der Waals surface area contributed by atoms with Crippen molar-refractivity contribution in [3.8, 4) is 16.9 Å². The molecule has 0 radical (unpaired) electrons. The monoisotopic (exact) mass is 456 g/mol. The fourth-order valence-corrected chi connectivity index (χ4v) is 4.52. The van der Waals surface area contributed by atoms with Gasteiger partial charge in [0.1, 0.15) is 5.75 Å². The zero-order valence-corrected chi connectivity index (χ0v) is 19.2. The van der Waals surface area contributed by atoms with E-state index in [2.05, 4.69) is 28.6 Å². The van der Waals surface area contributed by atoms with Gasteiger partial charge in [-0.3, -0.25) is 9.69 Å². The molecule has 0 spiro atoms. The van der Waals surface area contributed by atoms with E-state index < -0.39 is 0 Å². The van der Waals surface area contributed by atoms with Crippen molar-refractivity contribution >= 4 is 58.0 Å². The largest absolute Gasteiger partial charge is 0.497 e. The maximum Gasteiger partial charge on any atom is 0.215 e. The highest BCUT2D eigenvalue weighted by Crippen LogP contribution is 2.31. The Hall–Kier alpha value is -2.54. The number of carbonyl (C=O) groups is 1. The Balaban J connectivity index is 1.80. The van der Waals surface area contributed by atoms with E-state index in [0.29, 0.717) is 10.2 Å². The standard InChI is InChI=1S/C23H21ClN2O2S2/c1-16(30-23(26(2)15-27)25-20-9-7-19(24)8-10-20)11-22-13-18(14-29-22)17-5-4-6-21(12-17)28-3/h4-15H,1-3H3. The Morgan fingerprint density at radius 3 is 2.63 bits per heavy atom. The van der Waals surface area contributed by atoms with Gasteiger partial charge >= 0.3 is 0 Å². The van der Waals surface area contributed by atoms with Crippen LogP contribution in [0.1, 0.15) is 11.8 Å². The molecule has 1 heterocycles. The molecule has 0 saturated heterocycles. The number of nitrogens with zero attached hydrogens (tertiary/aromatic N) is 2. The van der Waals surface area contributed by atoms with E-state index in [1.54, 1.807) is 37.6 Å². The molecule has 1 amide bonds. The highest BCUT2D eigenvalue weighted by Gasteiger charge is 2.09. The smallest absolute Gasteiger partial charge is 0.215 e. The summed E-state index contributed by atoms with van der Waals surface area (Å²) < 4.78 is 5.31. The van der Waals surface area contributed by atoms with Gasteiger partial charge in [0.25, 0.3) is 0 Å². The lowest BCUT2D eigenvalue weighted by Gasteiger charge is -2.13. The third-order valence-corrected chi connectivity index (χ3v) is 6.27. The van der Waals surface area contributed by atoms with Gasteiger partial charge in [-0.2, -0.15) is 0 Å². The molecule has 0 bridgehead atoms. The van der Waals surface area contributed by atoms with E-state index in [-0.39, 0.29) is 0 Å². The highest BCUT2D eigenvalue weighted by atomic mass is 35.5. The fourth-order valence-electron chi connectivity index (χ4n) is 2.60. The van der Waals surface area contributed by atoms with Gasteiger partial charge in [-0.15, -0.1) is 11.3 Å². The summed E-state index contributed by atoms with van der Waals surface area (Å²) in [7, 11) is 3.36. The fraction of sp³-hybridized carbons (Fsp3) is 0.130. The first-order valence-corrected chi connectivity index (χ1v) is 11.2. The maximum atomic E-state index is 11.3. The Morgan fingerprint density at radius 1 is 1.17 bits per heavy atom. The Kier molecular flexibility index (Phi) is 7.74. The van der Waals surface area contributed by atoms with Crippen molar-refractivity contribution < 1.29 is 9.53 Å². The summed E-state index contributed by atoms with van der Waals surface area (Å²) in [5, 5.41) is 3.36. The van der Waals surface area contributed by atoms with E-state index in [1.165, 1.54) is 16.7 Å². The number of amides is 1. The van der Waals surface area contributed by atoms with Crippen LogP contribution in [-0.4, -0.2) is 30.6 Å². The lowest BCUT2D eigenvalue weighted by molar-refractivity contribution is -0.113. The van der Waals surface area contributed by atoms with Gasteiger partial charge in [0.05, 0.1) is 12.8 Å². The van der Waals surface area contributed by atoms with Gasteiger partial charge in [0.15, 0.2) is 5.17 Å². The van der Waals surface area contributed by atoms with E-state index in [1.807, 2.05) is 37.3 Å². The molecule has 0 saturated carbocycles. The topological polar surface area (TPSA) is 41.9 Å². The number of ether oxygens (including phenoxy) is 1. The van der Waals surface area contributed by atoms with Crippen molar-refractivity contribution in [2.24, 2.45) is 4.99 Å². The van der Waals surface area contributed by atoms with Crippen LogP contribution in [0.25, 0.3) is 17.2 Å². The zero-order chi connectivity index (χ0) is 21.5. The molecule has 3 aromatic rings. The molecular formula is C23H21ClN2O2S2. The second-order valence-electron chi connectivity index (χ2n) is 6.41. The second-order valence-corrected chi connectivity index (χ2v) is 9.01. The van der Waals surface area contributed by atoms with Crippen LogP contribution >= 0.6 is 34.7 Å². The van der Waals surface area contributed by atoms with Crippen molar-refractivity contribution in [2.45, 2.75) is 6.92 Å². The summed E-state index contributed by atoms with van der Waals surface area (Å²) in [6, 6.07) is 17.3. The summed E-state index contributed by atoms with van der Waals surface area (Å²) in [5.74, 6) is 0.836. The first kappa shape index (κ1) is 22.2. The third kappa shape index (κ3) is 5.98. The van der Waals surface area contributed by atoms with Crippen LogP contribution in [-0.2, 0) is 4.79 Å². The number of carbonyl (C=O) groups excluding carboxylic acids is 1. The number of rotatable bonds is 6. The second kappa shape index (κ2) is 10.5.